The van der Waals surface area contributed by atoms with E-state index < -0.39 is 16.9 Å². The van der Waals surface area contributed by atoms with Crippen LogP contribution in [0.4, 0.5) is 10.5 Å². The summed E-state index contributed by atoms with van der Waals surface area (Å²) >= 11 is 7.45. The molecule has 1 heterocycles. The number of nitrogens with one attached hydrogen (secondary N) is 2. The number of benzene rings is 1. The molecule has 4 saturated carbocycles. The van der Waals surface area contributed by atoms with Gasteiger partial charge in [-0.3, -0.25) is 14.5 Å². The van der Waals surface area contributed by atoms with E-state index in [2.05, 4.69) is 10.6 Å². The van der Waals surface area contributed by atoms with Crippen LogP contribution in [0, 0.1) is 23.2 Å². The van der Waals surface area contributed by atoms with E-state index in [1.54, 1.807) is 32.9 Å². The van der Waals surface area contributed by atoms with Crippen molar-refractivity contribution >= 4 is 52.1 Å². The molecule has 1 saturated heterocycles. The second-order valence-corrected chi connectivity index (χ2v) is 15.3. The fraction of sp³-hybridized carbons (Fsp3) is 0.688. The number of aliphatic imine (C=N–C) groups is 1. The van der Waals surface area contributed by atoms with Gasteiger partial charge in [-0.1, -0.05) is 23.4 Å². The molecule has 2 N–H and O–H groups in total. The van der Waals surface area contributed by atoms with E-state index in [1.807, 2.05) is 17.0 Å². The van der Waals surface area contributed by atoms with Crippen molar-refractivity contribution in [2.75, 3.05) is 32.8 Å². The molecular weight excluding hydrogens is 588 g/mol. The zero-order valence-corrected chi connectivity index (χ0v) is 27.1. The van der Waals surface area contributed by atoms with Crippen LogP contribution in [0.1, 0.15) is 72.1 Å². The molecule has 4 bridgehead atoms. The molecule has 236 valence electrons. The molecular formula is C32H45ClN4O5S. The number of alkyl carbamates (subject to hydrolysis) is 1. The number of carbonyl (C=O) groups is 3. The van der Waals surface area contributed by atoms with Crippen LogP contribution in [-0.4, -0.2) is 71.7 Å². The zero-order chi connectivity index (χ0) is 30.6. The number of amides is 3. The molecule has 1 aromatic rings. The van der Waals surface area contributed by atoms with E-state index >= 15 is 0 Å². The van der Waals surface area contributed by atoms with Crippen LogP contribution in [0.25, 0.3) is 0 Å². The number of carbonyl (C=O) groups excluding carboxylic acids is 3. The highest BCUT2D eigenvalue weighted by atomic mass is 35.5. The monoisotopic (exact) mass is 632 g/mol. The fourth-order valence-corrected chi connectivity index (χ4v) is 8.91. The van der Waals surface area contributed by atoms with Crippen LogP contribution >= 0.6 is 23.4 Å². The number of amidine groups is 1. The molecule has 1 aliphatic heterocycles. The summed E-state index contributed by atoms with van der Waals surface area (Å²) in [4.78, 5) is 45.0. The Bertz CT molecular complexity index is 1170. The lowest BCUT2D eigenvalue weighted by Crippen LogP contribution is -2.50. The lowest BCUT2D eigenvalue weighted by Gasteiger charge is -2.57. The first kappa shape index (κ1) is 32.1. The highest BCUT2D eigenvalue weighted by Crippen LogP contribution is 2.61. The quantitative estimate of drug-likeness (QED) is 0.293. The Labute approximate surface area is 264 Å². The Hall–Kier alpha value is -2.30. The van der Waals surface area contributed by atoms with Gasteiger partial charge in [-0.2, -0.15) is 0 Å². The average Bonchev–Trinajstić information content (AvgIpc) is 2.91. The van der Waals surface area contributed by atoms with Gasteiger partial charge in [0, 0.05) is 31.1 Å². The predicted molar refractivity (Wildman–Crippen MR) is 170 cm³/mol. The van der Waals surface area contributed by atoms with Gasteiger partial charge in [0.2, 0.25) is 11.8 Å². The third-order valence-electron chi connectivity index (χ3n) is 8.97. The van der Waals surface area contributed by atoms with Crippen molar-refractivity contribution in [3.63, 3.8) is 0 Å². The third-order valence-corrected chi connectivity index (χ3v) is 10.4. The lowest BCUT2D eigenvalue weighted by atomic mass is 9.49. The van der Waals surface area contributed by atoms with Crippen LogP contribution in [-0.2, 0) is 19.1 Å². The van der Waals surface area contributed by atoms with Crippen molar-refractivity contribution in [1.82, 2.24) is 15.5 Å². The molecule has 11 heteroatoms. The van der Waals surface area contributed by atoms with Crippen molar-refractivity contribution in [1.29, 1.82) is 0 Å². The van der Waals surface area contributed by atoms with E-state index in [4.69, 9.17) is 26.1 Å². The number of halogens is 1. The maximum Gasteiger partial charge on any atom is 0.407 e. The second kappa shape index (κ2) is 13.8. The Balaban J connectivity index is 1.14. The second-order valence-electron chi connectivity index (χ2n) is 13.7. The number of hydrogen-bond acceptors (Lipinski definition) is 7. The van der Waals surface area contributed by atoms with Gasteiger partial charge in [0.05, 0.1) is 24.2 Å². The first-order chi connectivity index (χ1) is 20.5. The summed E-state index contributed by atoms with van der Waals surface area (Å²) in [5.41, 5.74) is 0.495. The van der Waals surface area contributed by atoms with Gasteiger partial charge in [0.1, 0.15) is 5.60 Å². The van der Waals surface area contributed by atoms with Crippen molar-refractivity contribution in [2.24, 2.45) is 28.2 Å². The van der Waals surface area contributed by atoms with Gasteiger partial charge in [0.15, 0.2) is 5.17 Å². The Morgan fingerprint density at radius 3 is 2.23 bits per heavy atom. The van der Waals surface area contributed by atoms with E-state index in [0.717, 1.165) is 24.2 Å². The SMILES string of the molecule is CC(C)(C)OC(=O)NCCOCCNC(=O)C1CC(=O)N(CCC23CC4CC(CC(C4)C2)C3)/C(=N/c2ccc(Cl)cc2)S1. The summed E-state index contributed by atoms with van der Waals surface area (Å²) in [5.74, 6) is 2.31. The number of rotatable bonds is 11. The summed E-state index contributed by atoms with van der Waals surface area (Å²) in [6.07, 6.45) is 8.71. The molecule has 4 aliphatic carbocycles. The highest BCUT2D eigenvalue weighted by Gasteiger charge is 2.51. The molecule has 0 radical (unpaired) electrons. The largest absolute Gasteiger partial charge is 0.444 e. The van der Waals surface area contributed by atoms with Gasteiger partial charge in [-0.05, 0) is 113 Å². The van der Waals surface area contributed by atoms with Crippen LogP contribution in [0.2, 0.25) is 5.02 Å². The molecule has 5 fully saturated rings. The normalized spacial score (nSPS) is 29.2. The first-order valence-corrected chi connectivity index (χ1v) is 16.9. The van der Waals surface area contributed by atoms with Crippen molar-refractivity contribution in [3.05, 3.63) is 29.3 Å². The average molecular weight is 633 g/mol. The van der Waals surface area contributed by atoms with Crippen LogP contribution in [0.15, 0.2) is 29.3 Å². The lowest BCUT2D eigenvalue weighted by molar-refractivity contribution is -0.131. The predicted octanol–water partition coefficient (Wildman–Crippen LogP) is 5.93. The number of hydrogen-bond donors (Lipinski definition) is 2. The molecule has 5 aliphatic rings. The molecule has 1 aromatic carbocycles. The van der Waals surface area contributed by atoms with Gasteiger partial charge in [-0.15, -0.1) is 0 Å². The minimum absolute atomic E-state index is 0.0548. The maximum absolute atomic E-state index is 13.5. The fourth-order valence-electron chi connectivity index (χ4n) is 7.63. The Kier molecular flexibility index (Phi) is 10.3. The highest BCUT2D eigenvalue weighted by molar-refractivity contribution is 8.15. The van der Waals surface area contributed by atoms with Crippen molar-refractivity contribution in [2.45, 2.75) is 83.0 Å². The summed E-state index contributed by atoms with van der Waals surface area (Å²) < 4.78 is 10.7. The van der Waals surface area contributed by atoms with E-state index in [1.165, 1.54) is 50.3 Å². The van der Waals surface area contributed by atoms with Gasteiger partial charge in [0.25, 0.3) is 0 Å². The minimum Gasteiger partial charge on any atom is -0.444 e. The molecule has 6 rings (SSSR count). The van der Waals surface area contributed by atoms with Crippen LogP contribution in [0.3, 0.4) is 0 Å². The molecule has 1 unspecified atom stereocenters. The van der Waals surface area contributed by atoms with Crippen LogP contribution in [0.5, 0.6) is 0 Å². The van der Waals surface area contributed by atoms with E-state index in [9.17, 15) is 14.4 Å². The van der Waals surface area contributed by atoms with Gasteiger partial charge >= 0.3 is 6.09 Å². The Morgan fingerprint density at radius 2 is 1.63 bits per heavy atom. The smallest absolute Gasteiger partial charge is 0.407 e. The minimum atomic E-state index is -0.566. The summed E-state index contributed by atoms with van der Waals surface area (Å²) in [5, 5.41) is 6.16. The molecule has 3 amide bonds. The zero-order valence-electron chi connectivity index (χ0n) is 25.5. The topological polar surface area (TPSA) is 109 Å². The summed E-state index contributed by atoms with van der Waals surface area (Å²) in [6.45, 7) is 7.24. The molecule has 9 nitrogen and oxygen atoms in total. The third kappa shape index (κ3) is 8.88. The van der Waals surface area contributed by atoms with Crippen molar-refractivity contribution in [3.8, 4) is 0 Å². The molecule has 43 heavy (non-hydrogen) atoms. The Morgan fingerprint density at radius 1 is 1.02 bits per heavy atom. The summed E-state index contributed by atoms with van der Waals surface area (Å²) in [7, 11) is 0. The number of thioether (sulfide) groups is 1. The standard InChI is InChI=1S/C32H45ClN4O5S/c1-31(2,3)42-30(40)35-10-13-41-12-9-34-28(39)26-17-27(38)37(29(43-26)36-25-6-4-24(33)5-7-25)11-8-32-18-21-14-22(19-32)16-23(15-21)20-32/h4-7,21-23,26H,8-20H2,1-3H3,(H,34,39)(H,35,40)/b36-29-. The number of ether oxygens (including phenoxy) is 2. The molecule has 0 aromatic heterocycles. The maximum atomic E-state index is 13.5. The molecule has 1 atom stereocenters. The first-order valence-electron chi connectivity index (χ1n) is 15.6. The summed E-state index contributed by atoms with van der Waals surface area (Å²) in [6, 6.07) is 7.22. The molecule has 0 spiro atoms. The van der Waals surface area contributed by atoms with E-state index in [-0.39, 0.29) is 24.8 Å². The van der Waals surface area contributed by atoms with Gasteiger partial charge in [-0.25, -0.2) is 9.79 Å². The van der Waals surface area contributed by atoms with Gasteiger partial charge < -0.3 is 20.1 Å². The van der Waals surface area contributed by atoms with Crippen molar-refractivity contribution < 1.29 is 23.9 Å². The van der Waals surface area contributed by atoms with Crippen LogP contribution < -0.4 is 10.6 Å². The van der Waals surface area contributed by atoms with E-state index in [0.29, 0.717) is 47.5 Å². The number of nitrogens with zero attached hydrogens (tertiary/aromatic N) is 2.